The summed E-state index contributed by atoms with van der Waals surface area (Å²) in [7, 11) is 0. The van der Waals surface area contributed by atoms with Crippen LogP contribution in [0.25, 0.3) is 0 Å². The summed E-state index contributed by atoms with van der Waals surface area (Å²) in [6.07, 6.45) is 11.4. The van der Waals surface area contributed by atoms with Gasteiger partial charge in [0.1, 0.15) is 11.9 Å². The normalized spacial score (nSPS) is 24.8. The van der Waals surface area contributed by atoms with Crippen LogP contribution < -0.4 is 9.47 Å². The zero-order valence-corrected chi connectivity index (χ0v) is 28.8. The highest BCUT2D eigenvalue weighted by Crippen LogP contribution is 2.65. The summed E-state index contributed by atoms with van der Waals surface area (Å²) in [4.78, 5) is 31.3. The van der Waals surface area contributed by atoms with E-state index in [0.717, 1.165) is 88.4 Å². The van der Waals surface area contributed by atoms with Crippen LogP contribution in [0.4, 0.5) is 0 Å². The number of phenolic OH excluding ortho intramolecular Hbond substituents is 1. The van der Waals surface area contributed by atoms with Crippen LogP contribution in [0, 0.1) is 5.92 Å². The number of esters is 1. The van der Waals surface area contributed by atoms with E-state index in [4.69, 9.17) is 9.47 Å². The lowest BCUT2D eigenvalue weighted by molar-refractivity contribution is -0.142. The summed E-state index contributed by atoms with van der Waals surface area (Å²) in [6.45, 7) is 7.78. The van der Waals surface area contributed by atoms with E-state index in [9.17, 15) is 14.7 Å². The second-order valence-electron chi connectivity index (χ2n) is 14.5. The van der Waals surface area contributed by atoms with Crippen molar-refractivity contribution in [3.8, 4) is 17.2 Å². The maximum absolute atomic E-state index is 14.4. The van der Waals surface area contributed by atoms with Crippen LogP contribution in [0.5, 0.6) is 17.2 Å². The fraction of sp³-hybridized carbons (Fsp3) is 0.476. The van der Waals surface area contributed by atoms with Crippen LogP contribution >= 0.6 is 0 Å². The minimum Gasteiger partial charge on any atom is -0.508 e. The molecule has 1 N–H and O–H groups in total. The van der Waals surface area contributed by atoms with Gasteiger partial charge in [0.05, 0.1) is 6.04 Å². The Labute approximate surface area is 290 Å². The number of piperidine rings is 1. The summed E-state index contributed by atoms with van der Waals surface area (Å²) in [6, 6.07) is 22.8. The van der Waals surface area contributed by atoms with E-state index in [1.807, 2.05) is 18.2 Å². The van der Waals surface area contributed by atoms with Gasteiger partial charge in [0, 0.05) is 55.1 Å². The van der Waals surface area contributed by atoms with Crippen LogP contribution in [0.3, 0.4) is 0 Å². The van der Waals surface area contributed by atoms with Crippen molar-refractivity contribution in [3.63, 3.8) is 0 Å². The molecule has 1 saturated carbocycles. The molecule has 0 radical (unpaired) electrons. The lowest BCUT2D eigenvalue weighted by Crippen LogP contribution is -2.69. The lowest BCUT2D eigenvalue weighted by atomic mass is 9.50. The Morgan fingerprint density at radius 3 is 2.43 bits per heavy atom. The molecule has 2 heterocycles. The van der Waals surface area contributed by atoms with E-state index in [1.54, 1.807) is 6.07 Å². The minimum atomic E-state index is -0.445. The monoisotopic (exact) mass is 662 g/mol. The largest absolute Gasteiger partial charge is 0.508 e. The third-order valence-corrected chi connectivity index (χ3v) is 11.7. The molecule has 7 rings (SSSR count). The molecule has 7 heteroatoms. The van der Waals surface area contributed by atoms with Crippen molar-refractivity contribution in [2.75, 3.05) is 19.6 Å². The number of nitrogens with zero attached hydrogens (tertiary/aromatic N) is 2. The molecule has 5 atom stereocenters. The molecule has 3 aromatic carbocycles. The molecule has 1 amide bonds. The smallest absolute Gasteiger partial charge is 0.308 e. The van der Waals surface area contributed by atoms with Crippen LogP contribution in [-0.4, -0.2) is 64.6 Å². The third kappa shape index (κ3) is 6.38. The maximum atomic E-state index is 14.4. The second kappa shape index (κ2) is 14.4. The Balaban J connectivity index is 1.18. The van der Waals surface area contributed by atoms with Gasteiger partial charge in [-0.1, -0.05) is 73.2 Å². The molecule has 1 spiro atoms. The molecule has 2 bridgehead atoms. The summed E-state index contributed by atoms with van der Waals surface area (Å²) >= 11 is 0. The second-order valence-corrected chi connectivity index (χ2v) is 14.5. The summed E-state index contributed by atoms with van der Waals surface area (Å²) in [5.74, 6) is 1.11. The molecule has 2 aliphatic heterocycles. The van der Waals surface area contributed by atoms with Crippen molar-refractivity contribution in [1.29, 1.82) is 0 Å². The molecule has 49 heavy (non-hydrogen) atoms. The first-order valence-corrected chi connectivity index (χ1v) is 18.4. The average Bonchev–Trinajstić information content (AvgIpc) is 3.45. The van der Waals surface area contributed by atoms with Crippen LogP contribution in [0.15, 0.2) is 79.4 Å². The molecular formula is C42H50N2O5. The van der Waals surface area contributed by atoms with Crippen molar-refractivity contribution < 1.29 is 24.2 Å². The number of phenols is 1. The van der Waals surface area contributed by atoms with E-state index >= 15 is 0 Å². The lowest BCUT2D eigenvalue weighted by Gasteiger charge is -2.60. The first-order chi connectivity index (χ1) is 23.9. The molecule has 2 fully saturated rings. The van der Waals surface area contributed by atoms with Gasteiger partial charge in [-0.15, -0.1) is 6.58 Å². The number of hydrogen-bond donors (Lipinski definition) is 1. The summed E-state index contributed by atoms with van der Waals surface area (Å²) in [5.41, 5.74) is 4.18. The van der Waals surface area contributed by atoms with Crippen molar-refractivity contribution in [3.05, 3.63) is 102 Å². The van der Waals surface area contributed by atoms with E-state index in [1.165, 1.54) is 18.1 Å². The molecule has 0 unspecified atom stereocenters. The van der Waals surface area contributed by atoms with Gasteiger partial charge in [0.25, 0.3) is 0 Å². The van der Waals surface area contributed by atoms with E-state index in [0.29, 0.717) is 24.6 Å². The number of carbonyl (C=O) groups is 2. The zero-order chi connectivity index (χ0) is 34.0. The maximum Gasteiger partial charge on any atom is 0.308 e. The molecule has 0 aromatic heterocycles. The average molecular weight is 663 g/mol. The van der Waals surface area contributed by atoms with Gasteiger partial charge in [-0.2, -0.15) is 0 Å². The van der Waals surface area contributed by atoms with Crippen LogP contribution in [0.1, 0.15) is 80.5 Å². The molecule has 2 aliphatic carbocycles. The predicted octanol–water partition coefficient (Wildman–Crippen LogP) is 7.18. The van der Waals surface area contributed by atoms with E-state index in [-0.39, 0.29) is 41.0 Å². The first kappa shape index (κ1) is 33.4. The molecule has 3 aromatic rings. The van der Waals surface area contributed by atoms with Crippen molar-refractivity contribution in [2.24, 2.45) is 5.92 Å². The quantitative estimate of drug-likeness (QED) is 0.0854. The first-order valence-electron chi connectivity index (χ1n) is 18.4. The molecule has 4 aliphatic rings. The standard InChI is InChI=1S/C42H50N2O5/c1-3-24-43-26-23-42-33-21-22-34(41(42)49-40-37(48-29(2)45)28-36(46)32(39(40)42)27-35(33)43)44(25-13-19-31-17-9-5-10-18-31)38(47)20-12-6-11-16-30-14-7-4-8-15-30/h3-5,7-10,14-15,17-18,28,33-35,41,46H,1,6,11-13,16,19-27H2,2H3/t33-,34+,35+,41-,42-/m0/s1. The number of aromatic hydroxyl groups is 1. The predicted molar refractivity (Wildman–Crippen MR) is 191 cm³/mol. The van der Waals surface area contributed by atoms with Crippen molar-refractivity contribution in [1.82, 2.24) is 9.80 Å². The minimum absolute atomic E-state index is 0.110. The fourth-order valence-electron chi connectivity index (χ4n) is 9.74. The number of aryl methyl sites for hydroxylation is 2. The number of hydrogen-bond acceptors (Lipinski definition) is 6. The Morgan fingerprint density at radius 1 is 1.02 bits per heavy atom. The SMILES string of the molecule is C=CCN1CC[C@]23c4c5c(O)cc(OC(C)=O)c4O[C@H]2[C@H](N(CCCc2ccccc2)C(=O)CCCCCc2ccccc2)CC[C@H]3[C@H]1C5. The van der Waals surface area contributed by atoms with Crippen molar-refractivity contribution in [2.45, 2.75) is 101 Å². The molecule has 7 nitrogen and oxygen atoms in total. The Hall–Kier alpha value is -4.10. The highest BCUT2D eigenvalue weighted by molar-refractivity contribution is 5.77. The number of ether oxygens (including phenoxy) is 2. The Bertz CT molecular complexity index is 1660. The number of rotatable bonds is 14. The summed E-state index contributed by atoms with van der Waals surface area (Å²) < 4.78 is 12.7. The fourth-order valence-corrected chi connectivity index (χ4v) is 9.74. The van der Waals surface area contributed by atoms with Crippen molar-refractivity contribution >= 4 is 11.9 Å². The highest BCUT2D eigenvalue weighted by atomic mass is 16.6. The van der Waals surface area contributed by atoms with E-state index in [2.05, 4.69) is 64.9 Å². The van der Waals surface area contributed by atoms with Gasteiger partial charge in [0.2, 0.25) is 5.91 Å². The Kier molecular flexibility index (Phi) is 9.82. The van der Waals surface area contributed by atoms with Gasteiger partial charge < -0.3 is 19.5 Å². The number of likely N-dealkylation sites (tertiary alicyclic amines) is 1. The number of benzene rings is 3. The number of amides is 1. The molecule has 1 saturated heterocycles. The Morgan fingerprint density at radius 2 is 1.73 bits per heavy atom. The topological polar surface area (TPSA) is 79.3 Å². The van der Waals surface area contributed by atoms with E-state index < -0.39 is 5.97 Å². The zero-order valence-electron chi connectivity index (χ0n) is 28.8. The highest BCUT2D eigenvalue weighted by Gasteiger charge is 2.67. The van der Waals surface area contributed by atoms with Gasteiger partial charge in [-0.05, 0) is 81.4 Å². The van der Waals surface area contributed by atoms with Gasteiger partial charge in [-0.3, -0.25) is 14.5 Å². The van der Waals surface area contributed by atoms with Crippen LogP contribution in [0.2, 0.25) is 0 Å². The van der Waals surface area contributed by atoms with Gasteiger partial charge >= 0.3 is 5.97 Å². The third-order valence-electron chi connectivity index (χ3n) is 11.7. The number of carbonyl (C=O) groups excluding carboxylic acids is 2. The summed E-state index contributed by atoms with van der Waals surface area (Å²) in [5, 5.41) is 11.4. The molecular weight excluding hydrogens is 612 g/mol. The van der Waals surface area contributed by atoms with Crippen LogP contribution in [-0.2, 0) is 34.3 Å². The van der Waals surface area contributed by atoms with Gasteiger partial charge in [-0.25, -0.2) is 0 Å². The number of unbranched alkanes of at least 4 members (excludes halogenated alkanes) is 2. The van der Waals surface area contributed by atoms with Gasteiger partial charge in [0.15, 0.2) is 11.5 Å². The molecule has 258 valence electrons.